The molecule has 0 spiro atoms. The van der Waals surface area contributed by atoms with Crippen LogP contribution in [0.25, 0.3) is 0 Å². The third kappa shape index (κ3) is 10.3. The van der Waals surface area contributed by atoms with Gasteiger partial charge in [-0.3, -0.25) is 9.59 Å². The van der Waals surface area contributed by atoms with Gasteiger partial charge >= 0.3 is 0 Å². The van der Waals surface area contributed by atoms with Crippen LogP contribution in [0.2, 0.25) is 5.02 Å². The van der Waals surface area contributed by atoms with Gasteiger partial charge in [0.25, 0.3) is 0 Å². The minimum atomic E-state index is -0.977. The first-order chi connectivity index (χ1) is 14.6. The van der Waals surface area contributed by atoms with E-state index in [0.29, 0.717) is 16.3 Å². The van der Waals surface area contributed by atoms with E-state index in [1.807, 2.05) is 20.8 Å². The zero-order valence-corrected chi connectivity index (χ0v) is 18.6. The average molecular weight is 456 g/mol. The standard InChI is InChI=1S/C19H30ClN7O4/c1-19(2,3)31-10-14(21)17(29)26-16(6-7-28)18(30)23-9-12-8-13(20)4-5-15(12)24-11-25-27-22/h4-5,8,11,14,16,28H,6-7,9-10,21H2,1-3H3,(H,23,30)(H,26,29)(H2,22,24,25)/t14-,16+/m1/s1. The lowest BCUT2D eigenvalue weighted by Crippen LogP contribution is -2.53. The Hall–Kier alpha value is -2.60. The maximum Gasteiger partial charge on any atom is 0.242 e. The van der Waals surface area contributed by atoms with E-state index in [1.54, 1.807) is 18.2 Å². The number of aliphatic hydroxyl groups is 1. The fraction of sp³-hybridized carbons (Fsp3) is 0.526. The highest BCUT2D eigenvalue weighted by molar-refractivity contribution is 6.30. The zero-order valence-electron chi connectivity index (χ0n) is 17.8. The molecule has 0 aliphatic carbocycles. The summed E-state index contributed by atoms with van der Waals surface area (Å²) in [6.07, 6.45) is 1.17. The molecule has 7 N–H and O–H groups in total. The van der Waals surface area contributed by atoms with Crippen LogP contribution in [0.3, 0.4) is 0 Å². The molecule has 0 fully saturated rings. The number of hydrogen-bond acceptors (Lipinski definition) is 7. The van der Waals surface area contributed by atoms with Crippen LogP contribution < -0.4 is 22.2 Å². The van der Waals surface area contributed by atoms with E-state index in [9.17, 15) is 14.7 Å². The summed E-state index contributed by atoms with van der Waals surface area (Å²) in [5.41, 5.74) is 6.49. The van der Waals surface area contributed by atoms with Crippen molar-refractivity contribution < 1.29 is 19.4 Å². The molecule has 0 unspecified atom stereocenters. The number of carbonyl (C=O) groups excluding carboxylic acids is 2. The van der Waals surface area contributed by atoms with E-state index in [-0.39, 0.29) is 26.2 Å². The van der Waals surface area contributed by atoms with Crippen molar-refractivity contribution in [3.63, 3.8) is 0 Å². The van der Waals surface area contributed by atoms with Gasteiger partial charge in [0.15, 0.2) is 0 Å². The topological polar surface area (TPSA) is 177 Å². The first kappa shape index (κ1) is 26.4. The number of nitrogens with two attached hydrogens (primary N) is 2. The van der Waals surface area contributed by atoms with Gasteiger partial charge in [-0.2, -0.15) is 0 Å². The molecule has 172 valence electrons. The predicted octanol–water partition coefficient (Wildman–Crippen LogP) is 0.952. The minimum absolute atomic E-state index is 0.00713. The predicted molar refractivity (Wildman–Crippen MR) is 118 cm³/mol. The van der Waals surface area contributed by atoms with Crippen molar-refractivity contribution in [1.29, 1.82) is 0 Å². The fourth-order valence-electron chi connectivity index (χ4n) is 2.34. The number of aliphatic imine (C=N–C) groups is 1. The number of hydrogen-bond donors (Lipinski definition) is 5. The Kier molecular flexibility index (Phi) is 11.0. The second kappa shape index (κ2) is 13.0. The van der Waals surface area contributed by atoms with E-state index in [1.165, 1.54) is 0 Å². The normalized spacial score (nSPS) is 14.0. The molecule has 2 atom stereocenters. The molecule has 0 aliphatic rings. The van der Waals surface area contributed by atoms with Gasteiger partial charge < -0.3 is 32.1 Å². The molecule has 31 heavy (non-hydrogen) atoms. The van der Waals surface area contributed by atoms with Crippen molar-refractivity contribution in [2.45, 2.75) is 51.4 Å². The van der Waals surface area contributed by atoms with Crippen LogP contribution in [-0.2, 0) is 20.9 Å². The number of aliphatic hydroxyl groups excluding tert-OH is 1. The second-order valence-electron chi connectivity index (χ2n) is 7.57. The number of amides is 2. The van der Waals surface area contributed by atoms with Crippen molar-refractivity contribution in [2.24, 2.45) is 26.9 Å². The van der Waals surface area contributed by atoms with Crippen LogP contribution in [0, 0.1) is 0 Å². The highest BCUT2D eigenvalue weighted by Gasteiger charge is 2.24. The van der Waals surface area contributed by atoms with Gasteiger partial charge in [0, 0.05) is 18.2 Å². The number of ether oxygens (including phenoxy) is 1. The quantitative estimate of drug-likeness (QED) is 0.109. The number of rotatable bonds is 11. The molecule has 0 saturated carbocycles. The van der Waals surface area contributed by atoms with Gasteiger partial charge in [0.2, 0.25) is 11.8 Å². The number of nitrogens with zero attached hydrogens (tertiary/aromatic N) is 3. The van der Waals surface area contributed by atoms with Gasteiger partial charge in [0.1, 0.15) is 18.4 Å². The summed E-state index contributed by atoms with van der Waals surface area (Å²) in [6, 6.07) is 2.98. The van der Waals surface area contributed by atoms with Crippen LogP contribution in [0.1, 0.15) is 32.8 Å². The van der Waals surface area contributed by atoms with Gasteiger partial charge in [-0.15, -0.1) is 5.11 Å². The molecule has 0 bridgehead atoms. The summed E-state index contributed by atoms with van der Waals surface area (Å²) in [7, 11) is 0. The molecule has 1 rings (SSSR count). The van der Waals surface area contributed by atoms with Crippen molar-refractivity contribution in [1.82, 2.24) is 10.6 Å². The summed E-state index contributed by atoms with van der Waals surface area (Å²) < 4.78 is 5.50. The zero-order chi connectivity index (χ0) is 23.4. The Bertz CT molecular complexity index is 796. The molecule has 12 heteroatoms. The van der Waals surface area contributed by atoms with Crippen molar-refractivity contribution in [3.05, 3.63) is 28.8 Å². The lowest BCUT2D eigenvalue weighted by atomic mass is 10.1. The largest absolute Gasteiger partial charge is 0.396 e. The summed E-state index contributed by atoms with van der Waals surface area (Å²) in [5, 5.41) is 21.5. The third-order valence-electron chi connectivity index (χ3n) is 3.89. The molecule has 0 heterocycles. The molecular formula is C19H30ClN7O4. The van der Waals surface area contributed by atoms with E-state index in [2.05, 4.69) is 26.0 Å². The molecule has 2 amide bonds. The third-order valence-corrected chi connectivity index (χ3v) is 4.13. The second-order valence-corrected chi connectivity index (χ2v) is 8.01. The van der Waals surface area contributed by atoms with Crippen molar-refractivity contribution in [2.75, 3.05) is 13.2 Å². The highest BCUT2D eigenvalue weighted by atomic mass is 35.5. The van der Waals surface area contributed by atoms with E-state index < -0.39 is 29.5 Å². The molecule has 1 aromatic carbocycles. The van der Waals surface area contributed by atoms with Crippen molar-refractivity contribution >= 4 is 35.4 Å². The van der Waals surface area contributed by atoms with Gasteiger partial charge in [-0.25, -0.2) is 4.99 Å². The Morgan fingerprint density at radius 2 is 2.03 bits per heavy atom. The summed E-state index contributed by atoms with van der Waals surface area (Å²) >= 11 is 6.03. The lowest BCUT2D eigenvalue weighted by molar-refractivity contribution is -0.131. The van der Waals surface area contributed by atoms with Crippen LogP contribution in [0.15, 0.2) is 33.5 Å². The number of nitrogens with one attached hydrogen (secondary N) is 2. The van der Waals surface area contributed by atoms with E-state index in [4.69, 9.17) is 27.9 Å². The van der Waals surface area contributed by atoms with Crippen LogP contribution in [0.5, 0.6) is 0 Å². The number of benzene rings is 1. The fourth-order valence-corrected chi connectivity index (χ4v) is 2.53. The molecular weight excluding hydrogens is 426 g/mol. The summed E-state index contributed by atoms with van der Waals surface area (Å²) in [6.45, 7) is 5.28. The Labute approximate surface area is 186 Å². The average Bonchev–Trinajstić information content (AvgIpc) is 2.70. The Balaban J connectivity index is 2.78. The first-order valence-corrected chi connectivity index (χ1v) is 9.94. The Morgan fingerprint density at radius 1 is 1.32 bits per heavy atom. The summed E-state index contributed by atoms with van der Waals surface area (Å²) in [4.78, 5) is 29.0. The maximum atomic E-state index is 12.6. The number of halogens is 1. The molecule has 0 aromatic heterocycles. The molecule has 0 radical (unpaired) electrons. The molecule has 0 aliphatic heterocycles. The van der Waals surface area contributed by atoms with Crippen LogP contribution in [-0.4, -0.2) is 54.2 Å². The minimum Gasteiger partial charge on any atom is -0.396 e. The smallest absolute Gasteiger partial charge is 0.242 e. The molecule has 0 saturated heterocycles. The highest BCUT2D eigenvalue weighted by Crippen LogP contribution is 2.23. The van der Waals surface area contributed by atoms with E-state index in [0.717, 1.165) is 6.34 Å². The maximum absolute atomic E-state index is 12.6. The molecule has 1 aromatic rings. The van der Waals surface area contributed by atoms with Gasteiger partial charge in [-0.1, -0.05) is 16.8 Å². The Morgan fingerprint density at radius 3 is 2.65 bits per heavy atom. The monoisotopic (exact) mass is 455 g/mol. The van der Waals surface area contributed by atoms with E-state index >= 15 is 0 Å². The first-order valence-electron chi connectivity index (χ1n) is 9.57. The molecule has 11 nitrogen and oxygen atoms in total. The summed E-state index contributed by atoms with van der Waals surface area (Å²) in [5.74, 6) is 3.88. The van der Waals surface area contributed by atoms with Gasteiger partial charge in [-0.05, 0) is 51.0 Å². The number of carbonyl (C=O) groups is 2. The SMILES string of the molecule is CC(C)(C)OC[C@@H](N)C(=O)N[C@@H](CCO)C(=O)NCc1cc(Cl)ccc1N=CN=NN. The van der Waals surface area contributed by atoms with Gasteiger partial charge in [0.05, 0.1) is 17.9 Å². The van der Waals surface area contributed by atoms with Crippen LogP contribution >= 0.6 is 11.6 Å². The lowest BCUT2D eigenvalue weighted by Gasteiger charge is -2.24. The van der Waals surface area contributed by atoms with Crippen LogP contribution in [0.4, 0.5) is 5.69 Å². The van der Waals surface area contributed by atoms with Crippen molar-refractivity contribution in [3.8, 4) is 0 Å².